The summed E-state index contributed by atoms with van der Waals surface area (Å²) < 4.78 is 0.907. The third-order valence-electron chi connectivity index (χ3n) is 3.00. The Morgan fingerprint density at radius 1 is 1.28 bits per heavy atom. The number of hydrogen-bond donors (Lipinski definition) is 1. The highest BCUT2D eigenvalue weighted by molar-refractivity contribution is 9.10. The molecule has 3 heteroatoms. The van der Waals surface area contributed by atoms with E-state index in [1.807, 2.05) is 19.2 Å². The zero-order valence-corrected chi connectivity index (χ0v) is 12.2. The van der Waals surface area contributed by atoms with Crippen molar-refractivity contribution < 1.29 is 0 Å². The predicted molar refractivity (Wildman–Crippen MR) is 80.0 cm³/mol. The van der Waals surface area contributed by atoms with Crippen LogP contribution in [0.5, 0.6) is 0 Å². The summed E-state index contributed by atoms with van der Waals surface area (Å²) in [6, 6.07) is 12.6. The summed E-state index contributed by atoms with van der Waals surface area (Å²) in [6.45, 7) is 5.18. The summed E-state index contributed by atoms with van der Waals surface area (Å²) in [5, 5.41) is 3.43. The van der Waals surface area contributed by atoms with E-state index in [1.54, 1.807) is 0 Å². The summed E-state index contributed by atoms with van der Waals surface area (Å²) in [5.74, 6) is 0.482. The molecule has 2 aromatic rings. The molecule has 0 fully saturated rings. The smallest absolute Gasteiger partial charge is 0.109 e. The lowest BCUT2D eigenvalue weighted by atomic mass is 10.0. The summed E-state index contributed by atoms with van der Waals surface area (Å²) in [4.78, 5) is 4.28. The molecule has 1 atom stereocenters. The maximum Gasteiger partial charge on any atom is 0.109 e. The Bertz CT molecular complexity index is 511. The number of benzene rings is 1. The molecule has 0 saturated carbocycles. The van der Waals surface area contributed by atoms with Crippen molar-refractivity contribution in [2.24, 2.45) is 0 Å². The number of aromatic nitrogens is 1. The van der Waals surface area contributed by atoms with Crippen LogP contribution in [0.2, 0.25) is 0 Å². The minimum absolute atomic E-state index is 0.482. The third kappa shape index (κ3) is 3.33. The van der Waals surface area contributed by atoms with Crippen LogP contribution in [-0.2, 0) is 0 Å². The highest BCUT2D eigenvalue weighted by atomic mass is 79.9. The average molecular weight is 305 g/mol. The number of hydrogen-bond acceptors (Lipinski definition) is 2. The number of nitrogens with one attached hydrogen (secondary N) is 1. The van der Waals surface area contributed by atoms with Crippen LogP contribution in [0.25, 0.3) is 0 Å². The van der Waals surface area contributed by atoms with Gasteiger partial charge in [-0.05, 0) is 46.0 Å². The Labute approximate surface area is 117 Å². The average Bonchev–Trinajstić information content (AvgIpc) is 2.41. The number of aryl methyl sites for hydroxylation is 1. The second-order valence-electron chi connectivity index (χ2n) is 4.52. The van der Waals surface area contributed by atoms with Crippen molar-refractivity contribution in [3.05, 3.63) is 58.3 Å². The second kappa shape index (κ2) is 6.01. The second-order valence-corrected chi connectivity index (χ2v) is 5.28. The van der Waals surface area contributed by atoms with E-state index in [2.05, 4.69) is 63.5 Å². The molecular weight excluding hydrogens is 288 g/mol. The van der Waals surface area contributed by atoms with Gasteiger partial charge in [0.25, 0.3) is 0 Å². The molecule has 1 aromatic heterocycles. The molecule has 1 unspecified atom stereocenters. The van der Waals surface area contributed by atoms with Crippen LogP contribution in [0, 0.1) is 6.92 Å². The van der Waals surface area contributed by atoms with Crippen LogP contribution in [0.15, 0.2) is 47.2 Å². The van der Waals surface area contributed by atoms with E-state index in [0.29, 0.717) is 5.92 Å². The van der Waals surface area contributed by atoms with Crippen molar-refractivity contribution in [2.75, 3.05) is 11.9 Å². The molecule has 0 spiro atoms. The lowest BCUT2D eigenvalue weighted by Crippen LogP contribution is -2.10. The van der Waals surface area contributed by atoms with Crippen LogP contribution in [0.1, 0.15) is 24.0 Å². The van der Waals surface area contributed by atoms with Crippen LogP contribution in [0.3, 0.4) is 0 Å². The van der Waals surface area contributed by atoms with Crippen molar-refractivity contribution in [3.63, 3.8) is 0 Å². The lowest BCUT2D eigenvalue weighted by Gasteiger charge is -2.14. The number of halogens is 1. The quantitative estimate of drug-likeness (QED) is 0.849. The van der Waals surface area contributed by atoms with E-state index in [1.165, 1.54) is 5.56 Å². The van der Waals surface area contributed by atoms with Gasteiger partial charge < -0.3 is 5.32 Å². The van der Waals surface area contributed by atoms with E-state index in [-0.39, 0.29) is 0 Å². The molecule has 2 nitrogen and oxygen atoms in total. The van der Waals surface area contributed by atoms with Crippen LogP contribution in [0.4, 0.5) is 5.69 Å². The van der Waals surface area contributed by atoms with Gasteiger partial charge in [0.2, 0.25) is 0 Å². The first-order valence-electron chi connectivity index (χ1n) is 6.08. The van der Waals surface area contributed by atoms with Gasteiger partial charge in [0, 0.05) is 6.54 Å². The molecule has 2 rings (SSSR count). The molecule has 1 aromatic carbocycles. The zero-order chi connectivity index (χ0) is 13.0. The summed E-state index contributed by atoms with van der Waals surface area (Å²) in [5.41, 5.74) is 3.57. The van der Waals surface area contributed by atoms with Gasteiger partial charge in [-0.2, -0.15) is 0 Å². The predicted octanol–water partition coefficient (Wildman–Crippen LogP) is 4.37. The Kier molecular flexibility index (Phi) is 4.37. The van der Waals surface area contributed by atoms with Gasteiger partial charge >= 0.3 is 0 Å². The SMILES string of the molecule is Cc1cc(NCC(C)c2ccccc2)cnc1Br. The van der Waals surface area contributed by atoms with Gasteiger partial charge in [-0.1, -0.05) is 37.3 Å². The maximum absolute atomic E-state index is 4.28. The maximum atomic E-state index is 4.28. The molecule has 0 radical (unpaired) electrons. The van der Waals surface area contributed by atoms with Crippen molar-refractivity contribution in [1.82, 2.24) is 4.98 Å². The van der Waals surface area contributed by atoms with Crippen molar-refractivity contribution in [1.29, 1.82) is 0 Å². The Morgan fingerprint density at radius 3 is 2.67 bits per heavy atom. The molecule has 1 heterocycles. The van der Waals surface area contributed by atoms with Gasteiger partial charge in [-0.25, -0.2) is 4.98 Å². The third-order valence-corrected chi connectivity index (χ3v) is 3.83. The summed E-state index contributed by atoms with van der Waals surface area (Å²) >= 11 is 3.41. The summed E-state index contributed by atoms with van der Waals surface area (Å²) in [7, 11) is 0. The standard InChI is InChI=1S/C15H17BrN2/c1-11-8-14(10-18-15(11)16)17-9-12(2)13-6-4-3-5-7-13/h3-8,10,12,17H,9H2,1-2H3. The number of pyridine rings is 1. The van der Waals surface area contributed by atoms with E-state index < -0.39 is 0 Å². The molecule has 0 saturated heterocycles. The largest absolute Gasteiger partial charge is 0.383 e. The summed E-state index contributed by atoms with van der Waals surface area (Å²) in [6.07, 6.45) is 1.86. The van der Waals surface area contributed by atoms with Gasteiger partial charge in [-0.15, -0.1) is 0 Å². The van der Waals surface area contributed by atoms with Gasteiger partial charge in [-0.3, -0.25) is 0 Å². The van der Waals surface area contributed by atoms with Crippen molar-refractivity contribution >= 4 is 21.6 Å². The van der Waals surface area contributed by atoms with Gasteiger partial charge in [0.15, 0.2) is 0 Å². The molecule has 0 aliphatic carbocycles. The molecular formula is C15H17BrN2. The molecule has 0 aliphatic rings. The molecule has 0 bridgehead atoms. The fraction of sp³-hybridized carbons (Fsp3) is 0.267. The molecule has 0 aliphatic heterocycles. The van der Waals surface area contributed by atoms with Crippen LogP contribution >= 0.6 is 15.9 Å². The first-order chi connectivity index (χ1) is 8.66. The fourth-order valence-electron chi connectivity index (χ4n) is 1.83. The first kappa shape index (κ1) is 13.1. The van der Waals surface area contributed by atoms with Crippen molar-refractivity contribution in [2.45, 2.75) is 19.8 Å². The molecule has 0 amide bonds. The Balaban J connectivity index is 1.97. The first-order valence-corrected chi connectivity index (χ1v) is 6.87. The number of rotatable bonds is 4. The minimum atomic E-state index is 0.482. The molecule has 1 N–H and O–H groups in total. The van der Waals surface area contributed by atoms with Crippen LogP contribution in [-0.4, -0.2) is 11.5 Å². The molecule has 94 valence electrons. The van der Waals surface area contributed by atoms with Gasteiger partial charge in [0.1, 0.15) is 4.60 Å². The van der Waals surface area contributed by atoms with E-state index in [9.17, 15) is 0 Å². The van der Waals surface area contributed by atoms with E-state index in [4.69, 9.17) is 0 Å². The zero-order valence-electron chi connectivity index (χ0n) is 10.7. The Hall–Kier alpha value is -1.35. The van der Waals surface area contributed by atoms with Gasteiger partial charge in [0.05, 0.1) is 11.9 Å². The topological polar surface area (TPSA) is 24.9 Å². The highest BCUT2D eigenvalue weighted by Gasteiger charge is 2.05. The normalized spacial score (nSPS) is 12.2. The minimum Gasteiger partial charge on any atom is -0.383 e. The highest BCUT2D eigenvalue weighted by Crippen LogP contribution is 2.19. The lowest BCUT2D eigenvalue weighted by molar-refractivity contribution is 0.804. The monoisotopic (exact) mass is 304 g/mol. The fourth-order valence-corrected chi connectivity index (χ4v) is 2.04. The molecule has 18 heavy (non-hydrogen) atoms. The van der Waals surface area contributed by atoms with Crippen LogP contribution < -0.4 is 5.32 Å². The Morgan fingerprint density at radius 2 is 2.00 bits per heavy atom. The number of anilines is 1. The number of nitrogens with zero attached hydrogens (tertiary/aromatic N) is 1. The van der Waals surface area contributed by atoms with E-state index >= 15 is 0 Å². The van der Waals surface area contributed by atoms with Crippen molar-refractivity contribution in [3.8, 4) is 0 Å². The van der Waals surface area contributed by atoms with E-state index in [0.717, 1.165) is 22.4 Å².